The molecule has 4 nitrogen and oxygen atoms in total. The van der Waals surface area contributed by atoms with Crippen molar-refractivity contribution in [3.8, 4) is 0 Å². The minimum absolute atomic E-state index is 0.117. The summed E-state index contributed by atoms with van der Waals surface area (Å²) >= 11 is 0. The van der Waals surface area contributed by atoms with E-state index in [1.807, 2.05) is 17.9 Å². The predicted molar refractivity (Wildman–Crippen MR) is 72.1 cm³/mol. The zero-order valence-electron chi connectivity index (χ0n) is 12.0. The molecule has 17 heavy (non-hydrogen) atoms. The first-order valence-corrected chi connectivity index (χ1v) is 6.26. The van der Waals surface area contributed by atoms with Gasteiger partial charge in [0.25, 0.3) is 0 Å². The van der Waals surface area contributed by atoms with E-state index in [-0.39, 0.29) is 5.54 Å². The maximum absolute atomic E-state index is 4.23. The van der Waals surface area contributed by atoms with Gasteiger partial charge in [0, 0.05) is 24.8 Å². The Morgan fingerprint density at radius 1 is 1.47 bits per heavy atom. The van der Waals surface area contributed by atoms with Crippen molar-refractivity contribution in [1.82, 2.24) is 20.0 Å². The molecule has 1 aromatic heterocycles. The Bertz CT molecular complexity index is 341. The van der Waals surface area contributed by atoms with Crippen LogP contribution >= 0.6 is 0 Å². The second-order valence-corrected chi connectivity index (χ2v) is 5.38. The Balaban J connectivity index is 2.79. The molecule has 0 fully saturated rings. The minimum Gasteiger partial charge on any atom is -0.312 e. The molecule has 1 heterocycles. The highest BCUT2D eigenvalue weighted by Gasteiger charge is 2.31. The summed E-state index contributed by atoms with van der Waals surface area (Å²) in [5.74, 6) is 0. The third-order valence-electron chi connectivity index (χ3n) is 3.65. The molecule has 0 aromatic carbocycles. The van der Waals surface area contributed by atoms with Crippen molar-refractivity contribution in [2.24, 2.45) is 7.05 Å². The average Bonchev–Trinajstić information content (AvgIpc) is 2.63. The molecule has 0 bridgehead atoms. The van der Waals surface area contributed by atoms with Crippen LogP contribution in [0.2, 0.25) is 0 Å². The number of hydrogen-bond acceptors (Lipinski definition) is 3. The van der Waals surface area contributed by atoms with E-state index in [0.717, 1.165) is 13.0 Å². The number of nitrogens with zero attached hydrogens (tertiary/aromatic N) is 3. The topological polar surface area (TPSA) is 33.1 Å². The van der Waals surface area contributed by atoms with Crippen LogP contribution in [0.15, 0.2) is 12.4 Å². The second-order valence-electron chi connectivity index (χ2n) is 5.38. The number of aromatic nitrogens is 2. The second kappa shape index (κ2) is 5.65. The summed E-state index contributed by atoms with van der Waals surface area (Å²) in [6.07, 6.45) is 5.05. The van der Waals surface area contributed by atoms with Crippen LogP contribution in [0.25, 0.3) is 0 Å². The summed E-state index contributed by atoms with van der Waals surface area (Å²) in [4.78, 5) is 2.27. The smallest absolute Gasteiger partial charge is 0.0522 e. The Morgan fingerprint density at radius 2 is 2.12 bits per heavy atom. The lowest BCUT2D eigenvalue weighted by atomic mass is 9.89. The highest BCUT2D eigenvalue weighted by molar-refractivity contribution is 5.09. The summed E-state index contributed by atoms with van der Waals surface area (Å²) < 4.78 is 1.86. The molecule has 0 spiro atoms. The third-order valence-corrected chi connectivity index (χ3v) is 3.65. The van der Waals surface area contributed by atoms with Gasteiger partial charge in [-0.2, -0.15) is 5.10 Å². The zero-order valence-corrected chi connectivity index (χ0v) is 12.0. The van der Waals surface area contributed by atoms with Gasteiger partial charge in [0.1, 0.15) is 0 Å². The van der Waals surface area contributed by atoms with Crippen LogP contribution in [-0.4, -0.2) is 46.9 Å². The van der Waals surface area contributed by atoms with Gasteiger partial charge in [-0.3, -0.25) is 4.68 Å². The standard InChI is InChI=1S/C13H26N4/c1-7-14-12(13(2,3)16(4)5)8-11-9-15-17(6)10-11/h9-10,12,14H,7-8H2,1-6H3. The molecule has 0 saturated heterocycles. The first-order chi connectivity index (χ1) is 7.87. The lowest BCUT2D eigenvalue weighted by Crippen LogP contribution is -2.56. The molecule has 1 atom stereocenters. The summed E-state index contributed by atoms with van der Waals surface area (Å²) in [6, 6.07) is 0.423. The molecular weight excluding hydrogens is 212 g/mol. The summed E-state index contributed by atoms with van der Waals surface area (Å²) in [5.41, 5.74) is 1.40. The molecule has 0 amide bonds. The van der Waals surface area contributed by atoms with Gasteiger partial charge in [-0.1, -0.05) is 6.92 Å². The maximum atomic E-state index is 4.23. The van der Waals surface area contributed by atoms with Crippen molar-refractivity contribution in [2.75, 3.05) is 20.6 Å². The van der Waals surface area contributed by atoms with Gasteiger partial charge in [0.15, 0.2) is 0 Å². The quantitative estimate of drug-likeness (QED) is 0.810. The molecule has 98 valence electrons. The fourth-order valence-electron chi connectivity index (χ4n) is 1.94. The van der Waals surface area contributed by atoms with E-state index >= 15 is 0 Å². The molecule has 1 rings (SSSR count). The van der Waals surface area contributed by atoms with Crippen LogP contribution in [-0.2, 0) is 13.5 Å². The van der Waals surface area contributed by atoms with Crippen LogP contribution in [0.3, 0.4) is 0 Å². The van der Waals surface area contributed by atoms with Gasteiger partial charge in [-0.15, -0.1) is 0 Å². The van der Waals surface area contributed by atoms with Crippen molar-refractivity contribution in [3.63, 3.8) is 0 Å². The van der Waals surface area contributed by atoms with Crippen LogP contribution < -0.4 is 5.32 Å². The lowest BCUT2D eigenvalue weighted by molar-refractivity contribution is 0.138. The zero-order chi connectivity index (χ0) is 13.1. The maximum Gasteiger partial charge on any atom is 0.0522 e. The first-order valence-electron chi connectivity index (χ1n) is 6.26. The van der Waals surface area contributed by atoms with E-state index < -0.39 is 0 Å². The number of nitrogens with one attached hydrogen (secondary N) is 1. The Hall–Kier alpha value is -0.870. The van der Waals surface area contributed by atoms with Crippen LogP contribution in [0.5, 0.6) is 0 Å². The fourth-order valence-corrected chi connectivity index (χ4v) is 1.94. The number of likely N-dealkylation sites (N-methyl/N-ethyl adjacent to an activating group) is 2. The normalized spacial score (nSPS) is 14.3. The Labute approximate surface area is 105 Å². The largest absolute Gasteiger partial charge is 0.312 e. The van der Waals surface area contributed by atoms with E-state index in [1.165, 1.54) is 5.56 Å². The van der Waals surface area contributed by atoms with Gasteiger partial charge in [-0.25, -0.2) is 0 Å². The molecule has 0 aliphatic heterocycles. The molecule has 0 saturated carbocycles. The molecular formula is C13H26N4. The first kappa shape index (κ1) is 14.2. The van der Waals surface area contributed by atoms with E-state index in [2.05, 4.69) is 56.4 Å². The van der Waals surface area contributed by atoms with E-state index in [0.29, 0.717) is 6.04 Å². The molecule has 4 heteroatoms. The minimum atomic E-state index is 0.117. The molecule has 0 aliphatic rings. The van der Waals surface area contributed by atoms with Gasteiger partial charge in [0.2, 0.25) is 0 Å². The van der Waals surface area contributed by atoms with Crippen molar-refractivity contribution in [3.05, 3.63) is 18.0 Å². The molecule has 0 radical (unpaired) electrons. The number of aryl methyl sites for hydroxylation is 1. The van der Waals surface area contributed by atoms with Crippen molar-refractivity contribution in [1.29, 1.82) is 0 Å². The monoisotopic (exact) mass is 238 g/mol. The van der Waals surface area contributed by atoms with Gasteiger partial charge < -0.3 is 10.2 Å². The predicted octanol–water partition coefficient (Wildman–Crippen LogP) is 1.28. The van der Waals surface area contributed by atoms with E-state index in [4.69, 9.17) is 0 Å². The highest BCUT2D eigenvalue weighted by Crippen LogP contribution is 2.19. The van der Waals surface area contributed by atoms with Crippen molar-refractivity contribution >= 4 is 0 Å². The summed E-state index contributed by atoms with van der Waals surface area (Å²) in [6.45, 7) is 7.69. The molecule has 0 aliphatic carbocycles. The highest BCUT2D eigenvalue weighted by atomic mass is 15.2. The van der Waals surface area contributed by atoms with E-state index in [9.17, 15) is 0 Å². The molecule has 1 aromatic rings. The van der Waals surface area contributed by atoms with Crippen LogP contribution in [0.1, 0.15) is 26.3 Å². The number of rotatable bonds is 6. The average molecular weight is 238 g/mol. The Morgan fingerprint density at radius 3 is 2.53 bits per heavy atom. The van der Waals surface area contributed by atoms with Crippen molar-refractivity contribution in [2.45, 2.75) is 38.8 Å². The van der Waals surface area contributed by atoms with E-state index in [1.54, 1.807) is 0 Å². The van der Waals surface area contributed by atoms with Crippen molar-refractivity contribution < 1.29 is 0 Å². The van der Waals surface area contributed by atoms with Crippen LogP contribution in [0, 0.1) is 0 Å². The third kappa shape index (κ3) is 3.54. The van der Waals surface area contributed by atoms with Crippen LogP contribution in [0.4, 0.5) is 0 Å². The Kier molecular flexibility index (Phi) is 4.71. The number of hydrogen-bond donors (Lipinski definition) is 1. The summed E-state index contributed by atoms with van der Waals surface area (Å²) in [7, 11) is 6.23. The van der Waals surface area contributed by atoms with Gasteiger partial charge >= 0.3 is 0 Å². The SMILES string of the molecule is CCNC(Cc1cnn(C)c1)C(C)(C)N(C)C. The van der Waals surface area contributed by atoms with Gasteiger partial charge in [0.05, 0.1) is 6.20 Å². The molecule has 1 unspecified atom stereocenters. The lowest BCUT2D eigenvalue weighted by Gasteiger charge is -2.40. The molecule has 1 N–H and O–H groups in total. The van der Waals surface area contributed by atoms with Gasteiger partial charge in [-0.05, 0) is 46.5 Å². The summed E-state index contributed by atoms with van der Waals surface area (Å²) in [5, 5.41) is 7.82. The fraction of sp³-hybridized carbons (Fsp3) is 0.769.